The number of para-hydroxylation sites is 1. The minimum atomic E-state index is -0.0356. The molecule has 1 amide bonds. The van der Waals surface area contributed by atoms with Gasteiger partial charge in [0.25, 0.3) is 0 Å². The third-order valence-electron chi connectivity index (χ3n) is 3.66. The van der Waals surface area contributed by atoms with Gasteiger partial charge in [-0.05, 0) is 26.3 Å². The molecule has 1 aliphatic heterocycles. The lowest BCUT2D eigenvalue weighted by Crippen LogP contribution is -2.30. The number of rotatable bonds is 8. The molecule has 5 nitrogen and oxygen atoms in total. The minimum Gasteiger partial charge on any atom is -0.493 e. The van der Waals surface area contributed by atoms with Gasteiger partial charge in [0, 0.05) is 18.7 Å². The van der Waals surface area contributed by atoms with Crippen molar-refractivity contribution in [3.05, 3.63) is 23.8 Å². The molecule has 0 spiro atoms. The molecule has 0 bridgehead atoms. The molecule has 128 valence electrons. The predicted octanol–water partition coefficient (Wildman–Crippen LogP) is 3.09. The Morgan fingerprint density at radius 3 is 2.74 bits per heavy atom. The van der Waals surface area contributed by atoms with Gasteiger partial charge < -0.3 is 19.1 Å². The molecule has 0 saturated carbocycles. The highest BCUT2D eigenvalue weighted by atomic mass is 32.2. The van der Waals surface area contributed by atoms with Crippen LogP contribution in [-0.4, -0.2) is 50.0 Å². The fraction of sp³-hybridized carbons (Fsp3) is 0.588. The largest absolute Gasteiger partial charge is 0.493 e. The fourth-order valence-corrected chi connectivity index (χ4v) is 3.85. The van der Waals surface area contributed by atoms with Crippen molar-refractivity contribution in [2.24, 2.45) is 0 Å². The second-order valence-corrected chi connectivity index (χ2v) is 6.67. The van der Waals surface area contributed by atoms with Crippen LogP contribution in [0, 0.1) is 0 Å². The molecule has 0 aliphatic carbocycles. The van der Waals surface area contributed by atoms with Gasteiger partial charge in [-0.25, -0.2) is 0 Å². The van der Waals surface area contributed by atoms with Gasteiger partial charge in [-0.3, -0.25) is 4.79 Å². The number of hydrogen-bond donors (Lipinski definition) is 0. The van der Waals surface area contributed by atoms with Crippen molar-refractivity contribution in [2.45, 2.75) is 31.7 Å². The smallest absolute Gasteiger partial charge is 0.233 e. The second-order valence-electron chi connectivity index (χ2n) is 5.61. The number of hydrogen-bond acceptors (Lipinski definition) is 5. The Hall–Kier alpha value is -1.40. The summed E-state index contributed by atoms with van der Waals surface area (Å²) in [5.74, 6) is 2.05. The SMILES string of the molecule is COc1cccc(C2SCC(=O)N2CCCOC(C)C)c1OC. The molecular formula is C17H25NO4S. The Morgan fingerprint density at radius 1 is 1.30 bits per heavy atom. The normalized spacial score (nSPS) is 17.9. The van der Waals surface area contributed by atoms with Gasteiger partial charge in [0.2, 0.25) is 5.91 Å². The van der Waals surface area contributed by atoms with Crippen LogP contribution in [0.5, 0.6) is 11.5 Å². The first-order chi connectivity index (χ1) is 11.1. The van der Waals surface area contributed by atoms with Crippen LogP contribution in [0.25, 0.3) is 0 Å². The van der Waals surface area contributed by atoms with E-state index in [-0.39, 0.29) is 17.4 Å². The summed E-state index contributed by atoms with van der Waals surface area (Å²) < 4.78 is 16.5. The standard InChI is InChI=1S/C17H25NO4S/c1-12(2)22-10-6-9-18-15(19)11-23-17(18)13-7-5-8-14(20-3)16(13)21-4/h5,7-8,12,17H,6,9-11H2,1-4H3. The zero-order chi connectivity index (χ0) is 16.8. The van der Waals surface area contributed by atoms with Gasteiger partial charge in [0.1, 0.15) is 5.37 Å². The Morgan fingerprint density at radius 2 is 2.09 bits per heavy atom. The van der Waals surface area contributed by atoms with Crippen LogP contribution in [0.4, 0.5) is 0 Å². The zero-order valence-electron chi connectivity index (χ0n) is 14.2. The molecule has 1 aliphatic rings. The maximum absolute atomic E-state index is 12.2. The van der Waals surface area contributed by atoms with Gasteiger partial charge in [0.15, 0.2) is 11.5 Å². The molecule has 2 rings (SSSR count). The van der Waals surface area contributed by atoms with Crippen molar-refractivity contribution in [3.8, 4) is 11.5 Å². The average Bonchev–Trinajstić information content (AvgIpc) is 2.91. The average molecular weight is 339 g/mol. The molecule has 0 radical (unpaired) electrons. The number of ether oxygens (including phenoxy) is 3. The molecule has 1 fully saturated rings. The van der Waals surface area contributed by atoms with E-state index in [1.54, 1.807) is 26.0 Å². The lowest BCUT2D eigenvalue weighted by atomic mass is 10.1. The number of carbonyl (C=O) groups excluding carboxylic acids is 1. The van der Waals surface area contributed by atoms with Crippen LogP contribution in [0.2, 0.25) is 0 Å². The van der Waals surface area contributed by atoms with Gasteiger partial charge >= 0.3 is 0 Å². The van der Waals surface area contributed by atoms with Crippen molar-refractivity contribution in [2.75, 3.05) is 33.1 Å². The summed E-state index contributed by atoms with van der Waals surface area (Å²) >= 11 is 1.62. The van der Waals surface area contributed by atoms with E-state index in [1.807, 2.05) is 36.9 Å². The third kappa shape index (κ3) is 4.32. The van der Waals surface area contributed by atoms with E-state index in [2.05, 4.69) is 0 Å². The van der Waals surface area contributed by atoms with Gasteiger partial charge in [0.05, 0.1) is 26.1 Å². The molecule has 1 unspecified atom stereocenters. The summed E-state index contributed by atoms with van der Waals surface area (Å²) in [6.07, 6.45) is 1.04. The number of thioether (sulfide) groups is 1. The van der Waals surface area contributed by atoms with Crippen LogP contribution >= 0.6 is 11.8 Å². The Labute approximate surface area is 142 Å². The summed E-state index contributed by atoms with van der Waals surface area (Å²) in [7, 11) is 3.25. The fourth-order valence-electron chi connectivity index (χ4n) is 2.61. The monoisotopic (exact) mass is 339 g/mol. The van der Waals surface area contributed by atoms with Crippen molar-refractivity contribution in [1.82, 2.24) is 4.90 Å². The van der Waals surface area contributed by atoms with Crippen LogP contribution in [0.3, 0.4) is 0 Å². The van der Waals surface area contributed by atoms with Gasteiger partial charge in [-0.1, -0.05) is 12.1 Å². The quantitative estimate of drug-likeness (QED) is 0.681. The minimum absolute atomic E-state index is 0.0356. The topological polar surface area (TPSA) is 48.0 Å². The second kappa shape index (κ2) is 8.45. The number of methoxy groups -OCH3 is 2. The van der Waals surface area contributed by atoms with E-state index < -0.39 is 0 Å². The van der Waals surface area contributed by atoms with E-state index in [0.29, 0.717) is 30.4 Å². The molecular weight excluding hydrogens is 314 g/mol. The number of benzene rings is 1. The first-order valence-electron chi connectivity index (χ1n) is 7.82. The van der Waals surface area contributed by atoms with Crippen LogP contribution < -0.4 is 9.47 Å². The number of carbonyl (C=O) groups is 1. The highest BCUT2D eigenvalue weighted by Crippen LogP contribution is 2.45. The van der Waals surface area contributed by atoms with Crippen LogP contribution in [0.1, 0.15) is 31.2 Å². The highest BCUT2D eigenvalue weighted by molar-refractivity contribution is 8.00. The highest BCUT2D eigenvalue weighted by Gasteiger charge is 2.34. The number of amides is 1. The molecule has 6 heteroatoms. The summed E-state index contributed by atoms with van der Waals surface area (Å²) in [6.45, 7) is 5.37. The molecule has 1 atom stereocenters. The Balaban J connectivity index is 2.12. The van der Waals surface area contributed by atoms with Crippen molar-refractivity contribution >= 4 is 17.7 Å². The van der Waals surface area contributed by atoms with Gasteiger partial charge in [-0.15, -0.1) is 11.8 Å². The van der Waals surface area contributed by atoms with E-state index >= 15 is 0 Å². The predicted molar refractivity (Wildman–Crippen MR) is 92.2 cm³/mol. The Kier molecular flexibility index (Phi) is 6.59. The molecule has 0 aromatic heterocycles. The maximum Gasteiger partial charge on any atom is 0.233 e. The van der Waals surface area contributed by atoms with E-state index in [0.717, 1.165) is 12.0 Å². The van der Waals surface area contributed by atoms with Crippen LogP contribution in [0.15, 0.2) is 18.2 Å². The lowest BCUT2D eigenvalue weighted by Gasteiger charge is -2.26. The summed E-state index contributed by atoms with van der Waals surface area (Å²) in [5.41, 5.74) is 0.979. The number of nitrogens with zero attached hydrogens (tertiary/aromatic N) is 1. The van der Waals surface area contributed by atoms with Crippen molar-refractivity contribution in [3.63, 3.8) is 0 Å². The zero-order valence-corrected chi connectivity index (χ0v) is 15.0. The molecule has 1 aromatic carbocycles. The van der Waals surface area contributed by atoms with E-state index in [1.165, 1.54) is 0 Å². The summed E-state index contributed by atoms with van der Waals surface area (Å²) in [6, 6.07) is 5.79. The Bertz CT molecular complexity index is 535. The summed E-state index contributed by atoms with van der Waals surface area (Å²) in [4.78, 5) is 14.1. The first-order valence-corrected chi connectivity index (χ1v) is 8.87. The maximum atomic E-state index is 12.2. The molecule has 1 heterocycles. The third-order valence-corrected chi connectivity index (χ3v) is 4.90. The van der Waals surface area contributed by atoms with E-state index in [4.69, 9.17) is 14.2 Å². The van der Waals surface area contributed by atoms with Crippen molar-refractivity contribution in [1.29, 1.82) is 0 Å². The van der Waals surface area contributed by atoms with E-state index in [9.17, 15) is 4.79 Å². The first kappa shape index (κ1) is 17.9. The van der Waals surface area contributed by atoms with Crippen LogP contribution in [-0.2, 0) is 9.53 Å². The molecule has 1 saturated heterocycles. The summed E-state index contributed by atoms with van der Waals surface area (Å²) in [5, 5.41) is -0.0356. The molecule has 0 N–H and O–H groups in total. The molecule has 23 heavy (non-hydrogen) atoms. The lowest BCUT2D eigenvalue weighted by molar-refractivity contribution is -0.128. The molecule has 1 aromatic rings. The van der Waals surface area contributed by atoms with Gasteiger partial charge in [-0.2, -0.15) is 0 Å². The van der Waals surface area contributed by atoms with Crippen molar-refractivity contribution < 1.29 is 19.0 Å².